The van der Waals surface area contributed by atoms with E-state index in [1.807, 2.05) is 0 Å². The van der Waals surface area contributed by atoms with Gasteiger partial charge in [-0.2, -0.15) is 16.8 Å². The minimum Gasteiger partial charge on any atom is -0.344 e. The van der Waals surface area contributed by atoms with Crippen LogP contribution in [0.1, 0.15) is 0 Å². The molecule has 0 amide bonds. The molecule has 0 rings (SSSR count). The van der Waals surface area contributed by atoms with E-state index < -0.39 is 20.8 Å². The zero-order chi connectivity index (χ0) is 11.0. The van der Waals surface area contributed by atoms with Gasteiger partial charge in [0, 0.05) is 17.1 Å². The molecule has 0 aromatic rings. The summed E-state index contributed by atoms with van der Waals surface area (Å²) in [6.45, 7) is 0. The molecule has 1 radical (unpaired) electrons. The van der Waals surface area contributed by atoms with Crippen LogP contribution in [0.4, 0.5) is 0 Å². The van der Waals surface area contributed by atoms with Crippen molar-refractivity contribution in [3.63, 3.8) is 0 Å². The Morgan fingerprint density at radius 3 is 0.600 bits per heavy atom. The molecule has 15 heavy (non-hydrogen) atoms. The third-order valence-electron chi connectivity index (χ3n) is 0. The van der Waals surface area contributed by atoms with Crippen molar-refractivity contribution >= 4 is 20.8 Å². The van der Waals surface area contributed by atoms with E-state index in [4.69, 9.17) is 45.6 Å². The van der Waals surface area contributed by atoms with E-state index >= 15 is 0 Å². The Morgan fingerprint density at radius 1 is 0.600 bits per heavy atom. The van der Waals surface area contributed by atoms with E-state index in [-0.39, 0.29) is 29.4 Å². The van der Waals surface area contributed by atoms with Crippen molar-refractivity contribution in [1.82, 2.24) is 12.3 Å². The van der Waals surface area contributed by atoms with E-state index in [9.17, 15) is 0 Å². The molecular weight excluding hydrogens is 316 g/mol. The van der Waals surface area contributed by atoms with Crippen LogP contribution in [0, 0.1) is 0 Å². The Morgan fingerprint density at radius 2 is 0.600 bits per heavy atom. The summed E-state index contributed by atoms with van der Waals surface area (Å²) in [5.74, 6) is 0. The first-order valence-corrected chi connectivity index (χ1v) is 4.39. The van der Waals surface area contributed by atoms with Crippen LogP contribution in [0.5, 0.6) is 0 Å². The zero-order valence-electron chi connectivity index (χ0n) is 6.85. The smallest absolute Gasteiger partial charge is 0.344 e. The van der Waals surface area contributed by atoms with Crippen molar-refractivity contribution in [2.45, 2.75) is 0 Å². The Balaban J connectivity index is -0.0000000197. The molecule has 0 fully saturated rings. The zero-order valence-corrected chi connectivity index (χ0v) is 9.42. The molecule has 12 nitrogen and oxygen atoms in total. The van der Waals surface area contributed by atoms with Gasteiger partial charge >= 0.3 is 20.8 Å². The van der Waals surface area contributed by atoms with Gasteiger partial charge in [-0.25, -0.2) is 0 Å². The van der Waals surface area contributed by atoms with Crippen LogP contribution in [0.15, 0.2) is 0 Å². The standard InChI is InChI=1S/Cu.2H3N.2H2O4S.H2O2/c;;;2*1-5(2,3)4;1-2/h;2*1H3;2*(H2,1,2,3,4);1-2H. The fourth-order valence-corrected chi connectivity index (χ4v) is 0. The van der Waals surface area contributed by atoms with Crippen LogP contribution in [-0.2, 0) is 37.9 Å². The van der Waals surface area contributed by atoms with Gasteiger partial charge in [0.2, 0.25) is 0 Å². The predicted octanol–water partition coefficient (Wildman–Crippen LogP) is -0.967. The van der Waals surface area contributed by atoms with E-state index in [1.165, 1.54) is 0 Å². The summed E-state index contributed by atoms with van der Waals surface area (Å²) in [5.41, 5.74) is 0. The minimum absolute atomic E-state index is 0. The number of hydrogen-bond donors (Lipinski definition) is 8. The summed E-state index contributed by atoms with van der Waals surface area (Å²) < 4.78 is 63.2. The third-order valence-corrected chi connectivity index (χ3v) is 0. The van der Waals surface area contributed by atoms with Crippen LogP contribution >= 0.6 is 0 Å². The molecule has 0 unspecified atom stereocenters. The predicted molar refractivity (Wildman–Crippen MR) is 43.7 cm³/mol. The van der Waals surface area contributed by atoms with Crippen molar-refractivity contribution < 1.29 is 62.6 Å². The second kappa shape index (κ2) is 16.5. The Hall–Kier alpha value is 0.0995. The molecule has 0 aliphatic carbocycles. The largest absolute Gasteiger partial charge is 0.394 e. The number of hydrogen-bond acceptors (Lipinski definition) is 8. The van der Waals surface area contributed by atoms with E-state index in [0.717, 1.165) is 0 Å². The molecule has 0 saturated carbocycles. The molecule has 0 heterocycles. The molecule has 0 bridgehead atoms. The van der Waals surface area contributed by atoms with E-state index in [0.29, 0.717) is 0 Å². The minimum atomic E-state index is -4.67. The van der Waals surface area contributed by atoms with Gasteiger partial charge in [-0.05, 0) is 0 Å². The molecule has 0 saturated heterocycles. The Bertz CT molecular complexity index is 218. The summed E-state index contributed by atoms with van der Waals surface area (Å²) in [5, 5.41) is 12.0. The first-order valence-electron chi connectivity index (χ1n) is 1.60. The number of rotatable bonds is 0. The van der Waals surface area contributed by atoms with Gasteiger partial charge in [-0.1, -0.05) is 0 Å². The maximum absolute atomic E-state index is 8.74. The van der Waals surface area contributed by atoms with Crippen LogP contribution in [0.2, 0.25) is 0 Å². The Labute approximate surface area is 96.0 Å². The van der Waals surface area contributed by atoms with Crippen molar-refractivity contribution in [1.29, 1.82) is 0 Å². The topological polar surface area (TPSA) is 260 Å². The van der Waals surface area contributed by atoms with Crippen LogP contribution in [0.3, 0.4) is 0 Å². The van der Waals surface area contributed by atoms with E-state index in [2.05, 4.69) is 0 Å². The molecule has 0 aromatic carbocycles. The van der Waals surface area contributed by atoms with Gasteiger partial charge < -0.3 is 12.3 Å². The fourth-order valence-electron chi connectivity index (χ4n) is 0. The molecule has 105 valence electrons. The van der Waals surface area contributed by atoms with E-state index in [1.54, 1.807) is 0 Å². The molecule has 0 aliphatic rings. The maximum atomic E-state index is 8.74. The average molecular weight is 328 g/mol. The SMILES string of the molecule is N.N.O=S(=O)(O)O.O=S(=O)(O)O.OO.[Cu]. The third kappa shape index (κ3) is 209000. The van der Waals surface area contributed by atoms with Gasteiger partial charge in [0.15, 0.2) is 0 Å². The monoisotopic (exact) mass is 327 g/mol. The average Bonchev–Trinajstić information content (AvgIpc) is 1.59. The second-order valence-electron chi connectivity index (χ2n) is 0.896. The quantitative estimate of drug-likeness (QED) is 0.115. The first kappa shape index (κ1) is 36.3. The second-order valence-corrected chi connectivity index (χ2v) is 2.69. The summed E-state index contributed by atoms with van der Waals surface area (Å²) in [4.78, 5) is 0. The molecule has 0 atom stereocenters. The van der Waals surface area contributed by atoms with Crippen molar-refractivity contribution in [3.8, 4) is 0 Å². The van der Waals surface area contributed by atoms with Crippen LogP contribution in [-0.4, -0.2) is 45.6 Å². The van der Waals surface area contributed by atoms with Crippen molar-refractivity contribution in [3.05, 3.63) is 0 Å². The van der Waals surface area contributed by atoms with Gasteiger partial charge in [0.25, 0.3) is 0 Å². The van der Waals surface area contributed by atoms with Crippen LogP contribution < -0.4 is 12.3 Å². The summed E-state index contributed by atoms with van der Waals surface area (Å²) in [6.07, 6.45) is 0. The van der Waals surface area contributed by atoms with Gasteiger partial charge in [0.05, 0.1) is 0 Å². The summed E-state index contributed by atoms with van der Waals surface area (Å²) in [7, 11) is -9.33. The molecule has 15 heteroatoms. The maximum Gasteiger partial charge on any atom is 0.394 e. The molecular formula is H12CuN2O10S2. The van der Waals surface area contributed by atoms with Crippen LogP contribution in [0.25, 0.3) is 0 Å². The van der Waals surface area contributed by atoms with Gasteiger partial charge in [-0.3, -0.25) is 28.7 Å². The molecule has 0 aromatic heterocycles. The van der Waals surface area contributed by atoms with Gasteiger partial charge in [0.1, 0.15) is 0 Å². The Kier molecular flexibility index (Phi) is 39.9. The normalized spacial score (nSPS) is 8.13. The molecule has 12 N–H and O–H groups in total. The molecule has 0 spiro atoms. The molecule has 0 aliphatic heterocycles. The van der Waals surface area contributed by atoms with Gasteiger partial charge in [-0.15, -0.1) is 0 Å². The van der Waals surface area contributed by atoms with Crippen molar-refractivity contribution in [2.24, 2.45) is 0 Å². The first-order chi connectivity index (χ1) is 5.00. The van der Waals surface area contributed by atoms with Crippen molar-refractivity contribution in [2.75, 3.05) is 0 Å². The summed E-state index contributed by atoms with van der Waals surface area (Å²) in [6, 6.07) is 0. The summed E-state index contributed by atoms with van der Waals surface area (Å²) >= 11 is 0. The fraction of sp³-hybridized carbons (Fsp3) is 0.